The summed E-state index contributed by atoms with van der Waals surface area (Å²) in [5.41, 5.74) is 4.85. The molecule has 0 aromatic heterocycles. The van der Waals surface area contributed by atoms with Crippen LogP contribution in [0.2, 0.25) is 0 Å². The summed E-state index contributed by atoms with van der Waals surface area (Å²) in [5.74, 6) is -1.60. The van der Waals surface area contributed by atoms with E-state index in [-0.39, 0.29) is 19.6 Å². The fourth-order valence-electron chi connectivity index (χ4n) is 0.374. The van der Waals surface area contributed by atoms with Crippen LogP contribution in [0.15, 0.2) is 0 Å². The Morgan fingerprint density at radius 3 is 2.40 bits per heavy atom. The molecule has 0 amide bonds. The molecule has 5 nitrogen and oxygen atoms in total. The number of carbonyl (C=O) groups is 2. The zero-order chi connectivity index (χ0) is 7.98. The van der Waals surface area contributed by atoms with Crippen LogP contribution in [0.1, 0.15) is 12.8 Å². The van der Waals surface area contributed by atoms with Gasteiger partial charge >= 0.3 is 11.9 Å². The van der Waals surface area contributed by atoms with Gasteiger partial charge in [0.25, 0.3) is 0 Å². The van der Waals surface area contributed by atoms with Gasteiger partial charge in [0, 0.05) is 0 Å². The SMILES string of the molecule is NCOC(=O)CCC(=O)O. The maximum atomic E-state index is 10.4. The van der Waals surface area contributed by atoms with Gasteiger partial charge in [0.2, 0.25) is 0 Å². The molecule has 0 saturated heterocycles. The second-order valence-corrected chi connectivity index (χ2v) is 1.58. The van der Waals surface area contributed by atoms with E-state index < -0.39 is 11.9 Å². The van der Waals surface area contributed by atoms with Gasteiger partial charge in [-0.1, -0.05) is 0 Å². The Kier molecular flexibility index (Phi) is 4.23. The molecule has 0 bridgehead atoms. The first-order valence-corrected chi connectivity index (χ1v) is 2.74. The molecule has 0 rings (SSSR count). The van der Waals surface area contributed by atoms with Crippen LogP contribution in [0.4, 0.5) is 0 Å². The molecule has 0 atom stereocenters. The summed E-state index contributed by atoms with van der Waals surface area (Å²) >= 11 is 0. The summed E-state index contributed by atoms with van der Waals surface area (Å²) in [5, 5.41) is 8.09. The van der Waals surface area contributed by atoms with Gasteiger partial charge in [0.15, 0.2) is 0 Å². The topological polar surface area (TPSA) is 89.6 Å². The first-order valence-electron chi connectivity index (χ1n) is 2.74. The summed E-state index contributed by atoms with van der Waals surface area (Å²) in [6.45, 7) is -0.196. The lowest BCUT2D eigenvalue weighted by molar-refractivity contribution is -0.147. The fraction of sp³-hybridized carbons (Fsp3) is 0.600. The van der Waals surface area contributed by atoms with E-state index >= 15 is 0 Å². The minimum Gasteiger partial charge on any atom is -0.481 e. The maximum absolute atomic E-state index is 10.4. The molecule has 0 saturated carbocycles. The quantitative estimate of drug-likeness (QED) is 0.405. The van der Waals surface area contributed by atoms with Gasteiger partial charge in [-0.15, -0.1) is 0 Å². The molecule has 10 heavy (non-hydrogen) atoms. The van der Waals surface area contributed by atoms with Crippen LogP contribution in [-0.4, -0.2) is 23.8 Å². The summed E-state index contributed by atoms with van der Waals surface area (Å²) in [4.78, 5) is 20.3. The molecular weight excluding hydrogens is 138 g/mol. The minimum absolute atomic E-state index is 0.119. The standard InChI is InChI=1S/C5H9NO4/c6-3-10-5(9)2-1-4(7)8/h1-3,6H2,(H,7,8). The van der Waals surface area contributed by atoms with Crippen molar-refractivity contribution in [2.75, 3.05) is 6.73 Å². The summed E-state index contributed by atoms with van der Waals surface area (Å²) in [7, 11) is 0. The number of carbonyl (C=O) groups excluding carboxylic acids is 1. The number of aliphatic carboxylic acids is 1. The Labute approximate surface area is 57.8 Å². The Balaban J connectivity index is 3.30. The Bertz CT molecular complexity index is 134. The van der Waals surface area contributed by atoms with Crippen LogP contribution < -0.4 is 5.73 Å². The van der Waals surface area contributed by atoms with E-state index in [4.69, 9.17) is 10.8 Å². The van der Waals surface area contributed by atoms with E-state index in [1.165, 1.54) is 0 Å². The van der Waals surface area contributed by atoms with Gasteiger partial charge < -0.3 is 9.84 Å². The third-order valence-electron chi connectivity index (χ3n) is 0.787. The Hall–Kier alpha value is -1.10. The van der Waals surface area contributed by atoms with Gasteiger partial charge in [-0.2, -0.15) is 0 Å². The molecule has 3 N–H and O–H groups in total. The third kappa shape index (κ3) is 5.04. The number of esters is 1. The number of hydrogen-bond acceptors (Lipinski definition) is 4. The van der Waals surface area contributed by atoms with Crippen LogP contribution in [0.25, 0.3) is 0 Å². The van der Waals surface area contributed by atoms with E-state index in [0.29, 0.717) is 0 Å². The van der Waals surface area contributed by atoms with Gasteiger partial charge in [-0.05, 0) is 0 Å². The molecule has 58 valence electrons. The molecule has 0 spiro atoms. The van der Waals surface area contributed by atoms with E-state index in [1.54, 1.807) is 0 Å². The van der Waals surface area contributed by atoms with Crippen molar-refractivity contribution in [1.29, 1.82) is 0 Å². The number of nitrogens with two attached hydrogens (primary N) is 1. The van der Waals surface area contributed by atoms with Crippen LogP contribution in [0.3, 0.4) is 0 Å². The zero-order valence-electron chi connectivity index (χ0n) is 5.37. The molecule has 0 aromatic rings. The highest BCUT2D eigenvalue weighted by Gasteiger charge is 2.04. The average molecular weight is 147 g/mol. The molecule has 0 radical (unpaired) electrons. The molecule has 0 aliphatic rings. The summed E-state index contributed by atoms with van der Waals surface area (Å²) in [6, 6.07) is 0. The molecule has 0 heterocycles. The van der Waals surface area contributed by atoms with Gasteiger partial charge in [0.05, 0.1) is 12.8 Å². The highest BCUT2D eigenvalue weighted by Crippen LogP contribution is 1.90. The van der Waals surface area contributed by atoms with Crippen molar-refractivity contribution in [2.45, 2.75) is 12.8 Å². The first-order chi connectivity index (χ1) is 4.66. The first kappa shape index (κ1) is 8.90. The molecule has 5 heteroatoms. The van der Waals surface area contributed by atoms with Crippen molar-refractivity contribution in [2.24, 2.45) is 5.73 Å². The number of carboxylic acids is 1. The van der Waals surface area contributed by atoms with Crippen LogP contribution in [0, 0.1) is 0 Å². The smallest absolute Gasteiger partial charge is 0.307 e. The van der Waals surface area contributed by atoms with E-state index in [1.807, 2.05) is 0 Å². The predicted molar refractivity (Wildman–Crippen MR) is 32.0 cm³/mol. The molecule has 0 unspecified atom stereocenters. The number of hydrogen-bond donors (Lipinski definition) is 2. The third-order valence-corrected chi connectivity index (χ3v) is 0.787. The van der Waals surface area contributed by atoms with E-state index in [0.717, 1.165) is 0 Å². The largest absolute Gasteiger partial charge is 0.481 e. The zero-order valence-corrected chi connectivity index (χ0v) is 5.37. The second kappa shape index (κ2) is 4.75. The molecule has 0 fully saturated rings. The van der Waals surface area contributed by atoms with Crippen LogP contribution >= 0.6 is 0 Å². The Morgan fingerprint density at radius 1 is 1.40 bits per heavy atom. The lowest BCUT2D eigenvalue weighted by Crippen LogP contribution is -2.12. The van der Waals surface area contributed by atoms with Crippen molar-refractivity contribution in [3.05, 3.63) is 0 Å². The fourth-order valence-corrected chi connectivity index (χ4v) is 0.374. The van der Waals surface area contributed by atoms with E-state index in [9.17, 15) is 9.59 Å². The van der Waals surface area contributed by atoms with Crippen molar-refractivity contribution in [3.8, 4) is 0 Å². The van der Waals surface area contributed by atoms with E-state index in [2.05, 4.69) is 4.74 Å². The van der Waals surface area contributed by atoms with Crippen molar-refractivity contribution in [3.63, 3.8) is 0 Å². The molecule has 0 aliphatic carbocycles. The van der Waals surface area contributed by atoms with Crippen molar-refractivity contribution in [1.82, 2.24) is 0 Å². The highest BCUT2D eigenvalue weighted by molar-refractivity contribution is 5.76. The normalized spacial score (nSPS) is 8.90. The highest BCUT2D eigenvalue weighted by atomic mass is 16.5. The van der Waals surface area contributed by atoms with Crippen molar-refractivity contribution < 1.29 is 19.4 Å². The van der Waals surface area contributed by atoms with Gasteiger partial charge in [-0.25, -0.2) is 0 Å². The number of ether oxygens (including phenoxy) is 1. The van der Waals surface area contributed by atoms with Crippen molar-refractivity contribution >= 4 is 11.9 Å². The monoisotopic (exact) mass is 147 g/mol. The number of carboxylic acid groups (broad SMARTS) is 1. The number of rotatable bonds is 4. The molecule has 0 aromatic carbocycles. The summed E-state index contributed by atoms with van der Waals surface area (Å²) < 4.78 is 4.27. The van der Waals surface area contributed by atoms with Gasteiger partial charge in [0.1, 0.15) is 6.73 Å². The van der Waals surface area contributed by atoms with Crippen LogP contribution in [0.5, 0.6) is 0 Å². The Morgan fingerprint density at radius 2 is 2.00 bits per heavy atom. The second-order valence-electron chi connectivity index (χ2n) is 1.58. The average Bonchev–Trinajstić information content (AvgIpc) is 1.85. The summed E-state index contributed by atoms with van der Waals surface area (Å²) in [6.07, 6.45) is -0.328. The van der Waals surface area contributed by atoms with Crippen LogP contribution in [-0.2, 0) is 14.3 Å². The minimum atomic E-state index is -1.02. The maximum Gasteiger partial charge on any atom is 0.307 e. The predicted octanol–water partition coefficient (Wildman–Crippen LogP) is -0.689. The lowest BCUT2D eigenvalue weighted by atomic mass is 10.3. The molecule has 0 aliphatic heterocycles. The molecular formula is C5H9NO4. The van der Waals surface area contributed by atoms with Gasteiger partial charge in [-0.3, -0.25) is 15.3 Å². The lowest BCUT2D eigenvalue weighted by Gasteiger charge is -1.97.